The summed E-state index contributed by atoms with van der Waals surface area (Å²) < 4.78 is 0. The van der Waals surface area contributed by atoms with Crippen LogP contribution in [0.2, 0.25) is 0 Å². The molecule has 6 nitrogen and oxygen atoms in total. The Bertz CT molecular complexity index is 535. The van der Waals surface area contributed by atoms with E-state index in [4.69, 9.17) is 11.1 Å². The van der Waals surface area contributed by atoms with Gasteiger partial charge in [0.1, 0.15) is 0 Å². The van der Waals surface area contributed by atoms with Crippen LogP contribution >= 0.6 is 0 Å². The van der Waals surface area contributed by atoms with Crippen LogP contribution in [0.1, 0.15) is 43.4 Å². The van der Waals surface area contributed by atoms with Gasteiger partial charge in [0, 0.05) is 12.8 Å². The third-order valence-corrected chi connectivity index (χ3v) is 3.29. The molecule has 1 aliphatic rings. The zero-order chi connectivity index (χ0) is 14.5. The average Bonchev–Trinajstić information content (AvgIpc) is 2.46. The number of hydrogen-bond donors (Lipinski definition) is 4. The lowest BCUT2D eigenvalue weighted by Crippen LogP contribution is -2.33. The minimum absolute atomic E-state index is 0.0275. The lowest BCUT2D eigenvalue weighted by molar-refractivity contribution is -0.121. The molecule has 0 aromatic heterocycles. The van der Waals surface area contributed by atoms with Gasteiger partial charge in [0.2, 0.25) is 5.91 Å². The lowest BCUT2D eigenvalue weighted by Gasteiger charge is -2.18. The van der Waals surface area contributed by atoms with Crippen molar-refractivity contribution >= 4 is 17.6 Å². The molecule has 2 rings (SSSR count). The summed E-state index contributed by atoms with van der Waals surface area (Å²) >= 11 is 0. The normalized spacial score (nSPS) is 16.1. The maximum absolute atomic E-state index is 11.1. The second-order valence-electron chi connectivity index (χ2n) is 4.73. The summed E-state index contributed by atoms with van der Waals surface area (Å²) in [7, 11) is 0. The van der Waals surface area contributed by atoms with Crippen molar-refractivity contribution in [3.05, 3.63) is 35.4 Å². The van der Waals surface area contributed by atoms with Gasteiger partial charge in [-0.15, -0.1) is 0 Å². The maximum Gasteiger partial charge on any atom is 0.240 e. The summed E-state index contributed by atoms with van der Waals surface area (Å²) in [5.41, 5.74) is 10.9. The number of nitrogens with two attached hydrogens (primary N) is 1. The van der Waals surface area contributed by atoms with Crippen LogP contribution in [0.3, 0.4) is 0 Å². The molecule has 1 aromatic carbocycles. The second-order valence-corrected chi connectivity index (χ2v) is 4.73. The summed E-state index contributed by atoms with van der Waals surface area (Å²) in [5, 5.41) is 14.3. The highest BCUT2D eigenvalue weighted by Crippen LogP contribution is 2.18. The molecule has 0 saturated heterocycles. The molecular formula is C14H19N5O. The largest absolute Gasteiger partial charge is 0.370 e. The van der Waals surface area contributed by atoms with Crippen molar-refractivity contribution in [2.75, 3.05) is 0 Å². The summed E-state index contributed by atoms with van der Waals surface area (Å²) in [6.07, 6.45) is 1.98. The van der Waals surface area contributed by atoms with Gasteiger partial charge in [-0.3, -0.25) is 10.2 Å². The van der Waals surface area contributed by atoms with Gasteiger partial charge >= 0.3 is 0 Å². The number of amides is 1. The molecule has 0 spiro atoms. The molecule has 0 fully saturated rings. The van der Waals surface area contributed by atoms with E-state index in [2.05, 4.69) is 15.8 Å². The molecule has 1 heterocycles. The Morgan fingerprint density at radius 1 is 1.45 bits per heavy atom. The van der Waals surface area contributed by atoms with Gasteiger partial charge < -0.3 is 11.1 Å². The van der Waals surface area contributed by atoms with Crippen LogP contribution < -0.4 is 16.5 Å². The molecule has 1 aromatic rings. The number of guanidine groups is 1. The predicted octanol–water partition coefficient (Wildman–Crippen LogP) is 1.23. The molecule has 0 radical (unpaired) electrons. The second kappa shape index (κ2) is 6.18. The van der Waals surface area contributed by atoms with Crippen molar-refractivity contribution in [1.82, 2.24) is 10.7 Å². The maximum atomic E-state index is 11.1. The monoisotopic (exact) mass is 273 g/mol. The highest BCUT2D eigenvalue weighted by Gasteiger charge is 2.14. The standard InChI is InChI=1S/C14H19N5O/c1-2-11(17-14(15)16)9-3-5-10(6-4-9)12-7-8-13(20)19-18-12/h3-6,11H,2,7-8H2,1H3,(H,19,20)(H4,15,16,17). The van der Waals surface area contributed by atoms with Crippen LogP contribution in [0.15, 0.2) is 29.4 Å². The molecule has 1 unspecified atom stereocenters. The van der Waals surface area contributed by atoms with Crippen molar-refractivity contribution < 1.29 is 4.79 Å². The topological polar surface area (TPSA) is 103 Å². The lowest BCUT2D eigenvalue weighted by atomic mass is 9.99. The smallest absolute Gasteiger partial charge is 0.240 e. The summed E-state index contributed by atoms with van der Waals surface area (Å²) in [6.45, 7) is 2.04. The van der Waals surface area contributed by atoms with E-state index in [0.717, 1.165) is 23.3 Å². The van der Waals surface area contributed by atoms with Gasteiger partial charge in [0.15, 0.2) is 5.96 Å². The Kier molecular flexibility index (Phi) is 4.34. The number of benzene rings is 1. The number of carbonyl (C=O) groups is 1. The van der Waals surface area contributed by atoms with E-state index in [-0.39, 0.29) is 17.9 Å². The van der Waals surface area contributed by atoms with E-state index in [1.165, 1.54) is 0 Å². The third-order valence-electron chi connectivity index (χ3n) is 3.29. The fraction of sp³-hybridized carbons (Fsp3) is 0.357. The number of hydrogen-bond acceptors (Lipinski definition) is 3. The number of rotatable bonds is 4. The number of nitrogens with one attached hydrogen (secondary N) is 3. The highest BCUT2D eigenvalue weighted by molar-refractivity contribution is 6.04. The van der Waals surface area contributed by atoms with E-state index in [9.17, 15) is 4.79 Å². The Labute approximate surface area is 117 Å². The molecule has 20 heavy (non-hydrogen) atoms. The Balaban J connectivity index is 2.13. The van der Waals surface area contributed by atoms with Crippen LogP contribution in [0.4, 0.5) is 0 Å². The van der Waals surface area contributed by atoms with Crippen molar-refractivity contribution in [1.29, 1.82) is 5.41 Å². The average molecular weight is 273 g/mol. The predicted molar refractivity (Wildman–Crippen MR) is 78.4 cm³/mol. The van der Waals surface area contributed by atoms with E-state index >= 15 is 0 Å². The molecule has 0 aliphatic carbocycles. The number of carbonyl (C=O) groups excluding carboxylic acids is 1. The van der Waals surface area contributed by atoms with Gasteiger partial charge in [-0.05, 0) is 17.5 Å². The van der Waals surface area contributed by atoms with E-state index in [0.29, 0.717) is 12.8 Å². The first kappa shape index (κ1) is 14.0. The van der Waals surface area contributed by atoms with Crippen LogP contribution in [-0.4, -0.2) is 17.6 Å². The van der Waals surface area contributed by atoms with Gasteiger partial charge in [-0.2, -0.15) is 5.10 Å². The molecule has 0 saturated carbocycles. The van der Waals surface area contributed by atoms with Crippen LogP contribution in [-0.2, 0) is 4.79 Å². The van der Waals surface area contributed by atoms with Crippen molar-refractivity contribution in [3.8, 4) is 0 Å². The van der Waals surface area contributed by atoms with Gasteiger partial charge in [-0.25, -0.2) is 5.43 Å². The summed E-state index contributed by atoms with van der Waals surface area (Å²) in [6, 6.07) is 8.00. The van der Waals surface area contributed by atoms with E-state index in [1.807, 2.05) is 31.2 Å². The van der Waals surface area contributed by atoms with Gasteiger partial charge in [-0.1, -0.05) is 31.2 Å². The Hall–Kier alpha value is -2.37. The molecule has 1 aliphatic heterocycles. The Morgan fingerprint density at radius 2 is 2.15 bits per heavy atom. The molecule has 106 valence electrons. The minimum atomic E-state index is -0.0397. The molecule has 6 heteroatoms. The van der Waals surface area contributed by atoms with Crippen LogP contribution in [0, 0.1) is 5.41 Å². The fourth-order valence-electron chi connectivity index (χ4n) is 2.20. The third kappa shape index (κ3) is 3.34. The van der Waals surface area contributed by atoms with Crippen molar-refractivity contribution in [2.45, 2.75) is 32.2 Å². The minimum Gasteiger partial charge on any atom is -0.370 e. The highest BCUT2D eigenvalue weighted by atomic mass is 16.2. The first-order chi connectivity index (χ1) is 9.60. The summed E-state index contributed by atoms with van der Waals surface area (Å²) in [5.74, 6) is -0.0673. The van der Waals surface area contributed by atoms with Crippen molar-refractivity contribution in [3.63, 3.8) is 0 Å². The number of hydrazone groups is 1. The molecular weight excluding hydrogens is 254 g/mol. The van der Waals surface area contributed by atoms with Gasteiger partial charge in [0.05, 0.1) is 11.8 Å². The van der Waals surface area contributed by atoms with E-state index < -0.39 is 0 Å². The van der Waals surface area contributed by atoms with Crippen molar-refractivity contribution in [2.24, 2.45) is 10.8 Å². The molecule has 1 atom stereocenters. The van der Waals surface area contributed by atoms with Gasteiger partial charge in [0.25, 0.3) is 0 Å². The van der Waals surface area contributed by atoms with Crippen LogP contribution in [0.25, 0.3) is 0 Å². The Morgan fingerprint density at radius 3 is 2.65 bits per heavy atom. The fourth-order valence-corrected chi connectivity index (χ4v) is 2.20. The zero-order valence-corrected chi connectivity index (χ0v) is 11.4. The first-order valence-electron chi connectivity index (χ1n) is 6.66. The zero-order valence-electron chi connectivity index (χ0n) is 11.4. The molecule has 1 amide bonds. The SMILES string of the molecule is CCC(NC(=N)N)c1ccc(C2=NNC(=O)CC2)cc1. The molecule has 5 N–H and O–H groups in total. The number of nitrogens with zero attached hydrogens (tertiary/aromatic N) is 1. The van der Waals surface area contributed by atoms with E-state index in [1.54, 1.807) is 0 Å². The molecule has 0 bridgehead atoms. The van der Waals surface area contributed by atoms with Crippen LogP contribution in [0.5, 0.6) is 0 Å². The first-order valence-corrected chi connectivity index (χ1v) is 6.66. The quantitative estimate of drug-likeness (QED) is 0.490. The summed E-state index contributed by atoms with van der Waals surface area (Å²) in [4.78, 5) is 11.1.